The van der Waals surface area contributed by atoms with Crippen LogP contribution < -0.4 is 0 Å². The highest BCUT2D eigenvalue weighted by atomic mass is 16.5. The van der Waals surface area contributed by atoms with Crippen molar-refractivity contribution in [3.05, 3.63) is 35.4 Å². The van der Waals surface area contributed by atoms with Gasteiger partial charge < -0.3 is 14.5 Å². The Morgan fingerprint density at radius 2 is 2.04 bits per heavy atom. The molecule has 2 fully saturated rings. The van der Waals surface area contributed by atoms with Gasteiger partial charge in [-0.2, -0.15) is 0 Å². The first kappa shape index (κ1) is 16.0. The molecule has 124 valence electrons. The van der Waals surface area contributed by atoms with Crippen LogP contribution in [0.25, 0.3) is 0 Å². The quantitative estimate of drug-likeness (QED) is 0.837. The van der Waals surface area contributed by atoms with E-state index < -0.39 is 0 Å². The molecule has 0 bridgehead atoms. The van der Waals surface area contributed by atoms with Crippen LogP contribution in [0.1, 0.15) is 35.7 Å². The highest BCUT2D eigenvalue weighted by Crippen LogP contribution is 2.32. The second kappa shape index (κ2) is 6.32. The lowest BCUT2D eigenvalue weighted by Crippen LogP contribution is -2.67. The summed E-state index contributed by atoms with van der Waals surface area (Å²) in [5.41, 5.74) is 1.45. The zero-order chi connectivity index (χ0) is 16.4. The molecule has 2 heterocycles. The van der Waals surface area contributed by atoms with Crippen LogP contribution in [-0.4, -0.2) is 60.0 Å². The van der Waals surface area contributed by atoms with Crippen LogP contribution in [-0.2, 0) is 9.53 Å². The Kier molecular flexibility index (Phi) is 4.39. The highest BCUT2D eigenvalue weighted by molar-refractivity contribution is 5.97. The van der Waals surface area contributed by atoms with Gasteiger partial charge in [0.25, 0.3) is 5.91 Å². The molecule has 2 amide bonds. The van der Waals surface area contributed by atoms with E-state index in [1.807, 2.05) is 43.0 Å². The van der Waals surface area contributed by atoms with E-state index in [-0.39, 0.29) is 23.9 Å². The fourth-order valence-corrected chi connectivity index (χ4v) is 3.81. The number of hydrogen-bond donors (Lipinski definition) is 0. The summed E-state index contributed by atoms with van der Waals surface area (Å²) in [6, 6.07) is 7.56. The number of amides is 2. The van der Waals surface area contributed by atoms with Gasteiger partial charge in [-0.3, -0.25) is 9.59 Å². The fraction of sp³-hybridized carbons (Fsp3) is 0.556. The monoisotopic (exact) mass is 316 g/mol. The van der Waals surface area contributed by atoms with Crippen molar-refractivity contribution in [1.29, 1.82) is 0 Å². The van der Waals surface area contributed by atoms with Gasteiger partial charge in [0, 0.05) is 31.9 Å². The van der Waals surface area contributed by atoms with Crippen molar-refractivity contribution in [2.75, 3.05) is 32.8 Å². The number of carbonyl (C=O) groups is 2. The molecular weight excluding hydrogens is 292 g/mol. The van der Waals surface area contributed by atoms with Crippen molar-refractivity contribution in [1.82, 2.24) is 9.80 Å². The molecular formula is C18H24N2O3. The van der Waals surface area contributed by atoms with E-state index in [4.69, 9.17) is 4.74 Å². The number of likely N-dealkylation sites (N-methyl/N-ethyl adjacent to an activating group) is 1. The third kappa shape index (κ3) is 2.98. The number of benzene rings is 1. The molecule has 0 radical (unpaired) electrons. The zero-order valence-electron chi connectivity index (χ0n) is 13.9. The standard InChI is InChI=1S/C18H24N2O3/c1-3-20-16(21)12-19(13-18(20)7-9-23-10-8-18)17(22)15-6-4-5-14(2)11-15/h4-6,11H,3,7-10,12-13H2,1-2H3. The largest absolute Gasteiger partial charge is 0.381 e. The summed E-state index contributed by atoms with van der Waals surface area (Å²) in [5, 5.41) is 0. The third-order valence-corrected chi connectivity index (χ3v) is 4.98. The number of carbonyl (C=O) groups excluding carboxylic acids is 2. The number of piperazine rings is 1. The molecule has 1 aromatic rings. The molecule has 1 aromatic carbocycles. The Balaban J connectivity index is 1.86. The van der Waals surface area contributed by atoms with E-state index in [1.165, 1.54) is 0 Å². The van der Waals surface area contributed by atoms with Gasteiger partial charge in [-0.15, -0.1) is 0 Å². The predicted octanol–water partition coefficient (Wildman–Crippen LogP) is 1.85. The van der Waals surface area contributed by atoms with Crippen LogP contribution in [0.3, 0.4) is 0 Å². The Morgan fingerprint density at radius 1 is 1.30 bits per heavy atom. The fourth-order valence-electron chi connectivity index (χ4n) is 3.81. The number of aryl methyl sites for hydroxylation is 1. The van der Waals surface area contributed by atoms with Crippen molar-refractivity contribution in [2.45, 2.75) is 32.2 Å². The van der Waals surface area contributed by atoms with E-state index in [1.54, 1.807) is 4.90 Å². The maximum absolute atomic E-state index is 12.8. The lowest BCUT2D eigenvalue weighted by molar-refractivity contribution is -0.150. The molecule has 2 saturated heterocycles. The summed E-state index contributed by atoms with van der Waals surface area (Å²) in [7, 11) is 0. The number of nitrogens with zero attached hydrogens (tertiary/aromatic N) is 2. The molecule has 0 aliphatic carbocycles. The Morgan fingerprint density at radius 3 is 2.70 bits per heavy atom. The van der Waals surface area contributed by atoms with Crippen molar-refractivity contribution in [3.63, 3.8) is 0 Å². The maximum atomic E-state index is 12.8. The minimum absolute atomic E-state index is 0.0432. The average molecular weight is 316 g/mol. The summed E-state index contributed by atoms with van der Waals surface area (Å²) in [6.45, 7) is 6.73. The van der Waals surface area contributed by atoms with Gasteiger partial charge in [-0.05, 0) is 38.8 Å². The van der Waals surface area contributed by atoms with E-state index in [2.05, 4.69) is 0 Å². The second-order valence-electron chi connectivity index (χ2n) is 6.51. The number of ether oxygens (including phenoxy) is 1. The normalized spacial score (nSPS) is 20.9. The molecule has 0 N–H and O–H groups in total. The first-order valence-corrected chi connectivity index (χ1v) is 8.30. The van der Waals surface area contributed by atoms with Gasteiger partial charge >= 0.3 is 0 Å². The van der Waals surface area contributed by atoms with E-state index in [0.29, 0.717) is 31.9 Å². The number of hydrogen-bond acceptors (Lipinski definition) is 3. The third-order valence-electron chi connectivity index (χ3n) is 4.98. The maximum Gasteiger partial charge on any atom is 0.254 e. The number of rotatable bonds is 2. The first-order chi connectivity index (χ1) is 11.1. The smallest absolute Gasteiger partial charge is 0.254 e. The molecule has 0 atom stereocenters. The average Bonchev–Trinajstić information content (AvgIpc) is 2.54. The molecule has 23 heavy (non-hydrogen) atoms. The molecule has 0 saturated carbocycles. The van der Waals surface area contributed by atoms with Crippen LogP contribution in [0, 0.1) is 6.92 Å². The van der Waals surface area contributed by atoms with Gasteiger partial charge in [-0.1, -0.05) is 17.7 Å². The van der Waals surface area contributed by atoms with Gasteiger partial charge in [0.15, 0.2) is 0 Å². The lowest BCUT2D eigenvalue weighted by atomic mass is 9.85. The summed E-state index contributed by atoms with van der Waals surface area (Å²) in [5.74, 6) is -0.00896. The molecule has 0 aromatic heterocycles. The van der Waals surface area contributed by atoms with Crippen molar-refractivity contribution in [2.24, 2.45) is 0 Å². The molecule has 3 rings (SSSR count). The van der Waals surface area contributed by atoms with E-state index >= 15 is 0 Å². The van der Waals surface area contributed by atoms with Crippen LogP contribution in [0.5, 0.6) is 0 Å². The van der Waals surface area contributed by atoms with Crippen molar-refractivity contribution < 1.29 is 14.3 Å². The summed E-state index contributed by atoms with van der Waals surface area (Å²) in [6.07, 6.45) is 1.59. The minimum atomic E-state index is -0.262. The SMILES string of the molecule is CCN1C(=O)CN(C(=O)c2cccc(C)c2)CC12CCOCC2. The zero-order valence-corrected chi connectivity index (χ0v) is 13.9. The van der Waals surface area contributed by atoms with Gasteiger partial charge in [0.1, 0.15) is 6.54 Å². The Labute approximate surface area is 137 Å². The van der Waals surface area contributed by atoms with Crippen LogP contribution in [0.4, 0.5) is 0 Å². The molecule has 0 unspecified atom stereocenters. The minimum Gasteiger partial charge on any atom is -0.381 e. The molecule has 5 nitrogen and oxygen atoms in total. The van der Waals surface area contributed by atoms with E-state index in [0.717, 1.165) is 18.4 Å². The van der Waals surface area contributed by atoms with Crippen LogP contribution >= 0.6 is 0 Å². The molecule has 2 aliphatic heterocycles. The van der Waals surface area contributed by atoms with Crippen molar-refractivity contribution in [3.8, 4) is 0 Å². The summed E-state index contributed by atoms with van der Waals surface area (Å²) in [4.78, 5) is 29.1. The van der Waals surface area contributed by atoms with Crippen molar-refractivity contribution >= 4 is 11.8 Å². The van der Waals surface area contributed by atoms with Crippen LogP contribution in [0.2, 0.25) is 0 Å². The Hall–Kier alpha value is -1.88. The molecule has 1 spiro atoms. The first-order valence-electron chi connectivity index (χ1n) is 8.30. The molecule has 2 aliphatic rings. The lowest BCUT2D eigenvalue weighted by Gasteiger charge is -2.52. The van der Waals surface area contributed by atoms with Crippen LogP contribution in [0.15, 0.2) is 24.3 Å². The van der Waals surface area contributed by atoms with Gasteiger partial charge in [0.05, 0.1) is 5.54 Å². The highest BCUT2D eigenvalue weighted by Gasteiger charge is 2.46. The summed E-state index contributed by atoms with van der Waals surface area (Å²) >= 11 is 0. The van der Waals surface area contributed by atoms with Gasteiger partial charge in [-0.25, -0.2) is 0 Å². The second-order valence-corrected chi connectivity index (χ2v) is 6.51. The topological polar surface area (TPSA) is 49.9 Å². The molecule has 5 heteroatoms. The predicted molar refractivity (Wildman–Crippen MR) is 87.3 cm³/mol. The van der Waals surface area contributed by atoms with E-state index in [9.17, 15) is 9.59 Å². The summed E-state index contributed by atoms with van der Waals surface area (Å²) < 4.78 is 5.48. The van der Waals surface area contributed by atoms with Gasteiger partial charge in [0.2, 0.25) is 5.91 Å². The Bertz CT molecular complexity index is 608.